The van der Waals surface area contributed by atoms with Gasteiger partial charge in [0.1, 0.15) is 0 Å². The quantitative estimate of drug-likeness (QED) is 0.749. The Morgan fingerprint density at radius 1 is 1.05 bits per heavy atom. The van der Waals surface area contributed by atoms with Gasteiger partial charge in [-0.1, -0.05) is 24.3 Å². The molecule has 0 bridgehead atoms. The summed E-state index contributed by atoms with van der Waals surface area (Å²) in [5.74, 6) is 0.450. The van der Waals surface area contributed by atoms with Crippen molar-refractivity contribution in [2.75, 3.05) is 5.32 Å². The van der Waals surface area contributed by atoms with Gasteiger partial charge in [0.25, 0.3) is 0 Å². The minimum absolute atomic E-state index is 0.123. The van der Waals surface area contributed by atoms with Crippen molar-refractivity contribution in [3.63, 3.8) is 0 Å². The van der Waals surface area contributed by atoms with E-state index in [1.54, 1.807) is 0 Å². The van der Waals surface area contributed by atoms with E-state index in [0.29, 0.717) is 5.82 Å². The van der Waals surface area contributed by atoms with Crippen molar-refractivity contribution in [1.29, 1.82) is 0 Å². The average molecular weight is 279 g/mol. The summed E-state index contributed by atoms with van der Waals surface area (Å²) in [7, 11) is 0. The van der Waals surface area contributed by atoms with E-state index >= 15 is 0 Å². The molecule has 21 heavy (non-hydrogen) atoms. The first-order valence-corrected chi connectivity index (χ1v) is 6.88. The third-order valence-corrected chi connectivity index (χ3v) is 3.70. The van der Waals surface area contributed by atoms with Crippen LogP contribution in [0.2, 0.25) is 0 Å². The Kier molecular flexibility index (Phi) is 3.22. The van der Waals surface area contributed by atoms with Crippen molar-refractivity contribution in [1.82, 2.24) is 10.2 Å². The number of carbonyl (C=O) groups is 1. The lowest BCUT2D eigenvalue weighted by atomic mass is 10.00. The predicted octanol–water partition coefficient (Wildman–Crippen LogP) is 3.81. The molecule has 3 aromatic rings. The Morgan fingerprint density at radius 3 is 2.48 bits per heavy atom. The van der Waals surface area contributed by atoms with Crippen molar-refractivity contribution < 1.29 is 4.79 Å². The molecule has 1 amide bonds. The largest absolute Gasteiger partial charge is 0.309 e. The van der Waals surface area contributed by atoms with Crippen LogP contribution in [0.1, 0.15) is 18.1 Å². The van der Waals surface area contributed by atoms with E-state index in [2.05, 4.69) is 53.6 Å². The number of nitrogens with one attached hydrogen (secondary N) is 2. The lowest BCUT2D eigenvalue weighted by Gasteiger charge is -2.06. The third kappa shape index (κ3) is 2.52. The average Bonchev–Trinajstić information content (AvgIpc) is 2.83. The number of aromatic nitrogens is 2. The smallest absolute Gasteiger partial charge is 0.222 e. The van der Waals surface area contributed by atoms with Crippen LogP contribution >= 0.6 is 0 Å². The van der Waals surface area contributed by atoms with Crippen molar-refractivity contribution in [3.8, 4) is 11.1 Å². The Morgan fingerprint density at radius 2 is 1.76 bits per heavy atom. The molecule has 2 aromatic carbocycles. The molecule has 0 saturated carbocycles. The number of carbonyl (C=O) groups excluding carboxylic acids is 1. The zero-order chi connectivity index (χ0) is 15.0. The number of H-pyrrole nitrogens is 1. The van der Waals surface area contributed by atoms with Crippen LogP contribution in [0, 0.1) is 13.8 Å². The standard InChI is InChI=1S/C17H17N3O/c1-10-4-5-13(8-11(10)2)14-6-7-15-16(9-14)19-20-17(15)18-12(3)21/h4-9H,1-3H3,(H2,18,19,20,21). The second-order valence-electron chi connectivity index (χ2n) is 5.31. The Labute approximate surface area is 123 Å². The number of aromatic amines is 1. The van der Waals surface area contributed by atoms with Crippen LogP contribution in [-0.2, 0) is 4.79 Å². The second-order valence-corrected chi connectivity index (χ2v) is 5.31. The van der Waals surface area contributed by atoms with Gasteiger partial charge in [0.15, 0.2) is 5.82 Å². The highest BCUT2D eigenvalue weighted by atomic mass is 16.1. The molecule has 2 N–H and O–H groups in total. The molecular formula is C17H17N3O. The lowest BCUT2D eigenvalue weighted by Crippen LogP contribution is -2.06. The van der Waals surface area contributed by atoms with Gasteiger partial charge in [0, 0.05) is 12.3 Å². The number of amides is 1. The van der Waals surface area contributed by atoms with Crippen LogP contribution in [0.5, 0.6) is 0 Å². The zero-order valence-electron chi connectivity index (χ0n) is 12.3. The molecule has 1 aromatic heterocycles. The minimum atomic E-state index is -0.123. The van der Waals surface area contributed by atoms with Gasteiger partial charge in [0.05, 0.1) is 5.52 Å². The fourth-order valence-electron chi connectivity index (χ4n) is 2.38. The molecule has 0 spiro atoms. The summed E-state index contributed by atoms with van der Waals surface area (Å²) in [6.45, 7) is 5.70. The summed E-state index contributed by atoms with van der Waals surface area (Å²) in [5.41, 5.74) is 5.78. The minimum Gasteiger partial charge on any atom is -0.309 e. The maximum atomic E-state index is 11.1. The van der Waals surface area contributed by atoms with Crippen LogP contribution in [-0.4, -0.2) is 16.1 Å². The molecule has 0 radical (unpaired) electrons. The summed E-state index contributed by atoms with van der Waals surface area (Å²) in [4.78, 5) is 11.1. The second kappa shape index (κ2) is 5.05. The molecule has 0 aliphatic rings. The molecule has 0 aliphatic heterocycles. The summed E-state index contributed by atoms with van der Waals surface area (Å²) < 4.78 is 0. The summed E-state index contributed by atoms with van der Waals surface area (Å²) in [6, 6.07) is 12.5. The van der Waals surface area contributed by atoms with Crippen molar-refractivity contribution in [3.05, 3.63) is 47.5 Å². The number of fused-ring (bicyclic) bond motifs is 1. The Balaban J connectivity index is 2.05. The fourth-order valence-corrected chi connectivity index (χ4v) is 2.38. The topological polar surface area (TPSA) is 57.8 Å². The van der Waals surface area contributed by atoms with E-state index in [4.69, 9.17) is 0 Å². The van der Waals surface area contributed by atoms with Gasteiger partial charge in [-0.05, 0) is 48.2 Å². The van der Waals surface area contributed by atoms with Crippen LogP contribution in [0.3, 0.4) is 0 Å². The first-order valence-electron chi connectivity index (χ1n) is 6.88. The number of nitrogens with zero attached hydrogens (tertiary/aromatic N) is 1. The number of anilines is 1. The first-order chi connectivity index (χ1) is 10.0. The highest BCUT2D eigenvalue weighted by Gasteiger charge is 2.08. The highest BCUT2D eigenvalue weighted by Crippen LogP contribution is 2.28. The summed E-state index contributed by atoms with van der Waals surface area (Å²) in [6.07, 6.45) is 0. The number of hydrogen-bond donors (Lipinski definition) is 2. The van der Waals surface area contributed by atoms with E-state index in [1.807, 2.05) is 12.1 Å². The van der Waals surface area contributed by atoms with E-state index in [-0.39, 0.29) is 5.91 Å². The molecule has 0 saturated heterocycles. The van der Waals surface area contributed by atoms with Crippen LogP contribution in [0.15, 0.2) is 36.4 Å². The van der Waals surface area contributed by atoms with Gasteiger partial charge in [-0.3, -0.25) is 9.89 Å². The van der Waals surface area contributed by atoms with Crippen molar-refractivity contribution in [2.24, 2.45) is 0 Å². The molecule has 0 atom stereocenters. The van der Waals surface area contributed by atoms with Gasteiger partial charge in [-0.2, -0.15) is 5.10 Å². The molecule has 0 aliphatic carbocycles. The van der Waals surface area contributed by atoms with E-state index in [1.165, 1.54) is 23.6 Å². The maximum Gasteiger partial charge on any atom is 0.222 e. The monoisotopic (exact) mass is 279 g/mol. The van der Waals surface area contributed by atoms with E-state index < -0.39 is 0 Å². The molecule has 3 rings (SSSR count). The Hall–Kier alpha value is -2.62. The van der Waals surface area contributed by atoms with Crippen molar-refractivity contribution >= 4 is 22.6 Å². The molecule has 0 fully saturated rings. The summed E-state index contributed by atoms with van der Waals surface area (Å²) >= 11 is 0. The molecule has 0 unspecified atom stereocenters. The Bertz CT molecular complexity index is 833. The molecular weight excluding hydrogens is 262 g/mol. The molecule has 106 valence electrons. The fraction of sp³-hybridized carbons (Fsp3) is 0.176. The van der Waals surface area contributed by atoms with Gasteiger partial charge in [0.2, 0.25) is 5.91 Å². The number of hydrogen-bond acceptors (Lipinski definition) is 2. The van der Waals surface area contributed by atoms with E-state index in [9.17, 15) is 4.79 Å². The van der Waals surface area contributed by atoms with Crippen LogP contribution in [0.25, 0.3) is 22.0 Å². The summed E-state index contributed by atoms with van der Waals surface area (Å²) in [5, 5.41) is 10.7. The maximum absolute atomic E-state index is 11.1. The van der Waals surface area contributed by atoms with Crippen LogP contribution < -0.4 is 5.32 Å². The van der Waals surface area contributed by atoms with E-state index in [0.717, 1.165) is 16.5 Å². The first kappa shape index (κ1) is 13.4. The highest BCUT2D eigenvalue weighted by molar-refractivity contribution is 5.99. The molecule has 4 heteroatoms. The number of benzene rings is 2. The lowest BCUT2D eigenvalue weighted by molar-refractivity contribution is -0.114. The zero-order valence-corrected chi connectivity index (χ0v) is 12.3. The predicted molar refractivity (Wildman–Crippen MR) is 85.3 cm³/mol. The van der Waals surface area contributed by atoms with Gasteiger partial charge in [-0.25, -0.2) is 0 Å². The van der Waals surface area contributed by atoms with Gasteiger partial charge < -0.3 is 5.32 Å². The van der Waals surface area contributed by atoms with Crippen molar-refractivity contribution in [2.45, 2.75) is 20.8 Å². The number of aryl methyl sites for hydroxylation is 2. The normalized spacial score (nSPS) is 10.8. The molecule has 1 heterocycles. The SMILES string of the molecule is CC(=O)Nc1n[nH]c2cc(-c3ccc(C)c(C)c3)ccc12. The van der Waals surface area contributed by atoms with Gasteiger partial charge >= 0.3 is 0 Å². The van der Waals surface area contributed by atoms with Crippen LogP contribution in [0.4, 0.5) is 5.82 Å². The molecule has 4 nitrogen and oxygen atoms in total. The van der Waals surface area contributed by atoms with Gasteiger partial charge in [-0.15, -0.1) is 0 Å². The number of rotatable bonds is 2. The third-order valence-electron chi connectivity index (χ3n) is 3.70.